The van der Waals surface area contributed by atoms with Crippen molar-refractivity contribution in [3.8, 4) is 0 Å². The molecule has 0 aliphatic heterocycles. The zero-order valence-corrected chi connectivity index (χ0v) is 13.9. The number of benzene rings is 2. The monoisotopic (exact) mass is 325 g/mol. The number of amides is 1. The highest BCUT2D eigenvalue weighted by atomic mass is 16.6. The lowest BCUT2D eigenvalue weighted by Crippen LogP contribution is -2.21. The van der Waals surface area contributed by atoms with Gasteiger partial charge in [0.2, 0.25) is 5.91 Å². The largest absolute Gasteiger partial charge is 0.273 e. The van der Waals surface area contributed by atoms with Gasteiger partial charge < -0.3 is 0 Å². The molecule has 0 aromatic heterocycles. The van der Waals surface area contributed by atoms with Crippen LogP contribution in [0.4, 0.5) is 5.69 Å². The van der Waals surface area contributed by atoms with Crippen molar-refractivity contribution < 1.29 is 9.72 Å². The van der Waals surface area contributed by atoms with Gasteiger partial charge in [0.05, 0.1) is 17.1 Å². The van der Waals surface area contributed by atoms with Gasteiger partial charge in [-0.15, -0.1) is 0 Å². The highest BCUT2D eigenvalue weighted by Crippen LogP contribution is 2.14. The van der Waals surface area contributed by atoms with Crippen molar-refractivity contribution >= 4 is 17.3 Å². The minimum Gasteiger partial charge on any atom is -0.273 e. The molecule has 1 N–H and O–H groups in total. The summed E-state index contributed by atoms with van der Waals surface area (Å²) in [5, 5.41) is 14.8. The quantitative estimate of drug-likeness (QED) is 0.520. The number of hydrogen-bond acceptors (Lipinski definition) is 4. The van der Waals surface area contributed by atoms with E-state index in [1.807, 2.05) is 32.0 Å². The summed E-state index contributed by atoms with van der Waals surface area (Å²) >= 11 is 0. The maximum absolute atomic E-state index is 12.0. The van der Waals surface area contributed by atoms with Crippen LogP contribution in [0.2, 0.25) is 0 Å². The van der Waals surface area contributed by atoms with Gasteiger partial charge in [-0.25, -0.2) is 5.43 Å². The molecule has 1 amide bonds. The Morgan fingerprint density at radius 2 is 1.96 bits per heavy atom. The SMILES string of the molecule is C/C(=N\NC(=O)Cc1ccc(C)cc1C)c1cccc([N+](=O)[O-])c1. The van der Waals surface area contributed by atoms with Crippen molar-refractivity contribution in [2.24, 2.45) is 5.10 Å². The number of carbonyl (C=O) groups is 1. The van der Waals surface area contributed by atoms with E-state index in [1.54, 1.807) is 19.1 Å². The van der Waals surface area contributed by atoms with Crippen LogP contribution in [-0.4, -0.2) is 16.5 Å². The van der Waals surface area contributed by atoms with Gasteiger partial charge in [-0.2, -0.15) is 5.10 Å². The summed E-state index contributed by atoms with van der Waals surface area (Å²) in [7, 11) is 0. The molecule has 0 bridgehead atoms. The highest BCUT2D eigenvalue weighted by Gasteiger charge is 2.09. The molecular formula is C18H19N3O3. The van der Waals surface area contributed by atoms with Gasteiger partial charge >= 0.3 is 0 Å². The molecule has 6 nitrogen and oxygen atoms in total. The van der Waals surface area contributed by atoms with Gasteiger partial charge in [0.15, 0.2) is 0 Å². The first kappa shape index (κ1) is 17.3. The van der Waals surface area contributed by atoms with Crippen LogP contribution in [0, 0.1) is 24.0 Å². The lowest BCUT2D eigenvalue weighted by molar-refractivity contribution is -0.384. The average Bonchev–Trinajstić information content (AvgIpc) is 2.55. The molecule has 0 saturated carbocycles. The van der Waals surface area contributed by atoms with E-state index in [0.29, 0.717) is 11.3 Å². The lowest BCUT2D eigenvalue weighted by atomic mass is 10.0. The summed E-state index contributed by atoms with van der Waals surface area (Å²) in [5.41, 5.74) is 6.74. The third-order valence-electron chi connectivity index (χ3n) is 3.67. The number of nitro groups is 1. The molecule has 0 radical (unpaired) electrons. The number of rotatable bonds is 5. The maximum atomic E-state index is 12.0. The Balaban J connectivity index is 2.05. The number of carbonyl (C=O) groups excluding carboxylic acids is 1. The Morgan fingerprint density at radius 1 is 1.21 bits per heavy atom. The number of non-ortho nitro benzene ring substituents is 1. The van der Waals surface area contributed by atoms with Crippen LogP contribution in [0.25, 0.3) is 0 Å². The molecule has 0 unspecified atom stereocenters. The fourth-order valence-electron chi connectivity index (χ4n) is 2.31. The number of hydrazone groups is 1. The molecule has 0 heterocycles. The molecule has 0 saturated heterocycles. The van der Waals surface area contributed by atoms with Crippen LogP contribution in [0.1, 0.15) is 29.2 Å². The van der Waals surface area contributed by atoms with Crippen molar-refractivity contribution in [2.45, 2.75) is 27.2 Å². The van der Waals surface area contributed by atoms with Gasteiger partial charge in [-0.05, 0) is 31.9 Å². The van der Waals surface area contributed by atoms with E-state index >= 15 is 0 Å². The molecule has 124 valence electrons. The molecule has 0 aliphatic carbocycles. The van der Waals surface area contributed by atoms with Gasteiger partial charge in [-0.1, -0.05) is 35.9 Å². The highest BCUT2D eigenvalue weighted by molar-refractivity contribution is 5.99. The molecule has 0 spiro atoms. The molecule has 2 rings (SSSR count). The zero-order chi connectivity index (χ0) is 17.7. The maximum Gasteiger partial charge on any atom is 0.270 e. The molecule has 24 heavy (non-hydrogen) atoms. The summed E-state index contributed by atoms with van der Waals surface area (Å²) in [6.45, 7) is 5.66. The number of nitrogens with one attached hydrogen (secondary N) is 1. The van der Waals surface area contributed by atoms with Crippen molar-refractivity contribution in [1.29, 1.82) is 0 Å². The first-order valence-corrected chi connectivity index (χ1v) is 7.51. The van der Waals surface area contributed by atoms with Crippen LogP contribution in [0.5, 0.6) is 0 Å². The van der Waals surface area contributed by atoms with Crippen LogP contribution in [0.3, 0.4) is 0 Å². The molecule has 6 heteroatoms. The average molecular weight is 325 g/mol. The first-order valence-electron chi connectivity index (χ1n) is 7.51. The van der Waals surface area contributed by atoms with Crippen LogP contribution >= 0.6 is 0 Å². The third-order valence-corrected chi connectivity index (χ3v) is 3.67. The van der Waals surface area contributed by atoms with Crippen molar-refractivity contribution in [3.63, 3.8) is 0 Å². The zero-order valence-electron chi connectivity index (χ0n) is 13.9. The predicted molar refractivity (Wildman–Crippen MR) is 93.1 cm³/mol. The third kappa shape index (κ3) is 4.49. The van der Waals surface area contributed by atoms with E-state index in [0.717, 1.165) is 16.7 Å². The van der Waals surface area contributed by atoms with Gasteiger partial charge in [-0.3, -0.25) is 14.9 Å². The molecule has 0 aliphatic rings. The van der Waals surface area contributed by atoms with Crippen LogP contribution < -0.4 is 5.43 Å². The molecule has 0 fully saturated rings. The number of hydrogen-bond donors (Lipinski definition) is 1. The minimum absolute atomic E-state index is 0.0105. The summed E-state index contributed by atoms with van der Waals surface area (Å²) < 4.78 is 0. The standard InChI is InChI=1S/C18H19N3O3/c1-12-7-8-15(13(2)9-12)11-18(22)20-19-14(3)16-5-4-6-17(10-16)21(23)24/h4-10H,11H2,1-3H3,(H,20,22)/b19-14+. The Labute approximate surface area is 140 Å². The van der Waals surface area contributed by atoms with Crippen molar-refractivity contribution in [1.82, 2.24) is 5.43 Å². The van der Waals surface area contributed by atoms with E-state index < -0.39 is 4.92 Å². The second-order valence-electron chi connectivity index (χ2n) is 5.65. The Morgan fingerprint density at radius 3 is 2.62 bits per heavy atom. The summed E-state index contributed by atoms with van der Waals surface area (Å²) in [6.07, 6.45) is 0.234. The fraction of sp³-hybridized carbons (Fsp3) is 0.222. The second kappa shape index (κ2) is 7.50. The number of nitrogens with zero attached hydrogens (tertiary/aromatic N) is 2. The van der Waals surface area contributed by atoms with E-state index in [-0.39, 0.29) is 18.0 Å². The van der Waals surface area contributed by atoms with E-state index in [4.69, 9.17) is 0 Å². The summed E-state index contributed by atoms with van der Waals surface area (Å²) in [5.74, 6) is -0.230. The first-order chi connectivity index (χ1) is 11.4. The minimum atomic E-state index is -0.463. The Hall–Kier alpha value is -3.02. The van der Waals surface area contributed by atoms with E-state index in [1.165, 1.54) is 12.1 Å². The van der Waals surface area contributed by atoms with Gasteiger partial charge in [0, 0.05) is 17.7 Å². The molecule has 0 atom stereocenters. The summed E-state index contributed by atoms with van der Waals surface area (Å²) in [4.78, 5) is 22.4. The normalized spacial score (nSPS) is 11.2. The summed E-state index contributed by atoms with van der Waals surface area (Å²) in [6, 6.07) is 12.1. The van der Waals surface area contributed by atoms with E-state index in [9.17, 15) is 14.9 Å². The van der Waals surface area contributed by atoms with Gasteiger partial charge in [0.25, 0.3) is 5.69 Å². The van der Waals surface area contributed by atoms with Crippen molar-refractivity contribution in [2.75, 3.05) is 0 Å². The van der Waals surface area contributed by atoms with E-state index in [2.05, 4.69) is 10.5 Å². The second-order valence-corrected chi connectivity index (χ2v) is 5.65. The van der Waals surface area contributed by atoms with Crippen LogP contribution in [-0.2, 0) is 11.2 Å². The number of aryl methyl sites for hydroxylation is 2. The Kier molecular flexibility index (Phi) is 5.42. The molecular weight excluding hydrogens is 306 g/mol. The topological polar surface area (TPSA) is 84.6 Å². The fourth-order valence-corrected chi connectivity index (χ4v) is 2.31. The lowest BCUT2D eigenvalue weighted by Gasteiger charge is -2.06. The van der Waals surface area contributed by atoms with Crippen LogP contribution in [0.15, 0.2) is 47.6 Å². The predicted octanol–water partition coefficient (Wildman–Crippen LogP) is 3.29. The Bertz CT molecular complexity index is 813. The molecule has 2 aromatic rings. The van der Waals surface area contributed by atoms with Gasteiger partial charge in [0.1, 0.15) is 0 Å². The number of nitro benzene ring substituents is 1. The molecule has 2 aromatic carbocycles. The van der Waals surface area contributed by atoms with Crippen molar-refractivity contribution in [3.05, 3.63) is 74.8 Å². The smallest absolute Gasteiger partial charge is 0.270 e.